The minimum atomic E-state index is -0.369. The molecule has 40 heavy (non-hydrogen) atoms. The van der Waals surface area contributed by atoms with E-state index in [-0.39, 0.29) is 29.3 Å². The third kappa shape index (κ3) is 3.73. The van der Waals surface area contributed by atoms with Crippen LogP contribution in [0.2, 0.25) is 5.02 Å². The van der Waals surface area contributed by atoms with Crippen molar-refractivity contribution in [2.75, 3.05) is 13.2 Å². The molecule has 4 heterocycles. The SMILES string of the molecule is Cc1nnc2n1-c1sc3c(c1C(c1ccccc1Cl)=NC21CC1)C[C@H](C(=O)N[C@H]1COC[C@H]1c1ccccc1)C3. The molecule has 4 aromatic rings. The average Bonchev–Trinajstić information content (AvgIpc) is 3.29. The molecule has 1 saturated carbocycles. The highest BCUT2D eigenvalue weighted by Crippen LogP contribution is 2.54. The van der Waals surface area contributed by atoms with E-state index in [9.17, 15) is 4.79 Å². The molecule has 2 aromatic carbocycles. The summed E-state index contributed by atoms with van der Waals surface area (Å²) in [4.78, 5) is 20.3. The smallest absolute Gasteiger partial charge is 0.224 e. The van der Waals surface area contributed by atoms with Crippen molar-refractivity contribution in [2.45, 2.75) is 50.1 Å². The van der Waals surface area contributed by atoms with Gasteiger partial charge in [-0.2, -0.15) is 0 Å². The highest BCUT2D eigenvalue weighted by molar-refractivity contribution is 7.15. The summed E-state index contributed by atoms with van der Waals surface area (Å²) < 4.78 is 8.01. The Bertz CT molecular complexity index is 1690. The summed E-state index contributed by atoms with van der Waals surface area (Å²) in [7, 11) is 0. The number of amides is 1. The van der Waals surface area contributed by atoms with Gasteiger partial charge in [0.2, 0.25) is 5.91 Å². The molecule has 202 valence electrons. The van der Waals surface area contributed by atoms with E-state index in [1.165, 1.54) is 16.0 Å². The Kier molecular flexibility index (Phi) is 5.56. The third-order valence-electron chi connectivity index (χ3n) is 8.82. The van der Waals surface area contributed by atoms with Gasteiger partial charge >= 0.3 is 0 Å². The summed E-state index contributed by atoms with van der Waals surface area (Å²) in [6, 6.07) is 18.2. The summed E-state index contributed by atoms with van der Waals surface area (Å²) in [5, 5.41) is 14.2. The van der Waals surface area contributed by atoms with Crippen molar-refractivity contribution in [3.8, 4) is 5.00 Å². The Morgan fingerprint density at radius 1 is 1.07 bits per heavy atom. The Balaban J connectivity index is 1.15. The predicted octanol–water partition coefficient (Wildman–Crippen LogP) is 5.14. The topological polar surface area (TPSA) is 81.4 Å². The first-order chi connectivity index (χ1) is 19.5. The molecular weight excluding hydrogens is 542 g/mol. The van der Waals surface area contributed by atoms with Gasteiger partial charge in [0.05, 0.1) is 25.0 Å². The molecule has 0 unspecified atom stereocenters. The van der Waals surface area contributed by atoms with Crippen LogP contribution in [0.15, 0.2) is 59.6 Å². The molecule has 3 atom stereocenters. The molecule has 0 radical (unpaired) electrons. The van der Waals surface area contributed by atoms with Gasteiger partial charge in [0.15, 0.2) is 5.82 Å². The van der Waals surface area contributed by atoms with E-state index >= 15 is 0 Å². The monoisotopic (exact) mass is 569 g/mol. The van der Waals surface area contributed by atoms with Crippen LogP contribution in [0.3, 0.4) is 0 Å². The largest absolute Gasteiger partial charge is 0.379 e. The first-order valence-corrected chi connectivity index (χ1v) is 15.1. The van der Waals surface area contributed by atoms with E-state index < -0.39 is 0 Å². The minimum absolute atomic E-state index is 0.0251. The molecule has 2 aliphatic heterocycles. The van der Waals surface area contributed by atoms with Crippen LogP contribution in [0.5, 0.6) is 0 Å². The molecule has 1 spiro atoms. The van der Waals surface area contributed by atoms with Crippen molar-refractivity contribution in [3.63, 3.8) is 0 Å². The first-order valence-electron chi connectivity index (χ1n) is 13.9. The molecule has 2 aromatic heterocycles. The van der Waals surface area contributed by atoms with Crippen molar-refractivity contribution >= 4 is 34.6 Å². The molecule has 1 N–H and O–H groups in total. The third-order valence-corrected chi connectivity index (χ3v) is 10.4. The number of nitrogens with zero attached hydrogens (tertiary/aromatic N) is 4. The van der Waals surface area contributed by atoms with Gasteiger partial charge < -0.3 is 10.1 Å². The van der Waals surface area contributed by atoms with Gasteiger partial charge in [0.25, 0.3) is 0 Å². The maximum atomic E-state index is 13.7. The van der Waals surface area contributed by atoms with Gasteiger partial charge in [0.1, 0.15) is 16.4 Å². The van der Waals surface area contributed by atoms with Crippen LogP contribution < -0.4 is 5.32 Å². The van der Waals surface area contributed by atoms with Gasteiger partial charge in [-0.25, -0.2) is 0 Å². The van der Waals surface area contributed by atoms with Crippen LogP contribution in [-0.4, -0.2) is 45.6 Å². The van der Waals surface area contributed by atoms with E-state index in [0.717, 1.165) is 46.3 Å². The molecule has 8 rings (SSSR count). The molecule has 1 saturated heterocycles. The number of aromatic nitrogens is 3. The number of hydrogen-bond acceptors (Lipinski definition) is 6. The van der Waals surface area contributed by atoms with E-state index in [2.05, 4.69) is 32.2 Å². The molecule has 2 aliphatic carbocycles. The summed E-state index contributed by atoms with van der Waals surface area (Å²) in [6.07, 6.45) is 3.25. The zero-order valence-corrected chi connectivity index (χ0v) is 23.6. The number of benzene rings is 2. The number of nitrogens with one attached hydrogen (secondary N) is 1. The predicted molar refractivity (Wildman–Crippen MR) is 155 cm³/mol. The Morgan fingerprint density at radius 2 is 1.88 bits per heavy atom. The first kappa shape index (κ1) is 24.5. The number of fused-ring (bicyclic) bond motifs is 6. The normalized spacial score (nSPS) is 23.8. The zero-order valence-electron chi connectivity index (χ0n) is 22.1. The molecule has 4 aliphatic rings. The van der Waals surface area contributed by atoms with E-state index in [4.69, 9.17) is 21.3 Å². The number of halogens is 1. The fraction of sp³-hybridized carbons (Fsp3) is 0.355. The maximum Gasteiger partial charge on any atom is 0.224 e. The van der Waals surface area contributed by atoms with Gasteiger partial charge in [0, 0.05) is 32.9 Å². The average molecular weight is 570 g/mol. The lowest BCUT2D eigenvalue weighted by Crippen LogP contribution is -2.42. The van der Waals surface area contributed by atoms with Crippen molar-refractivity contribution in [3.05, 3.63) is 98.4 Å². The van der Waals surface area contributed by atoms with Crippen molar-refractivity contribution in [1.29, 1.82) is 0 Å². The fourth-order valence-electron chi connectivity index (χ4n) is 6.56. The lowest BCUT2D eigenvalue weighted by Gasteiger charge is -2.21. The molecule has 2 fully saturated rings. The molecule has 1 amide bonds. The Hall–Kier alpha value is -3.33. The molecule has 9 heteroatoms. The summed E-state index contributed by atoms with van der Waals surface area (Å²) in [6.45, 7) is 3.17. The van der Waals surface area contributed by atoms with Crippen LogP contribution in [0.1, 0.15) is 57.5 Å². The van der Waals surface area contributed by atoms with Crippen molar-refractivity contribution < 1.29 is 9.53 Å². The Labute approximate surface area is 241 Å². The highest BCUT2D eigenvalue weighted by Gasteiger charge is 2.52. The van der Waals surface area contributed by atoms with E-state index in [0.29, 0.717) is 31.1 Å². The lowest BCUT2D eigenvalue weighted by molar-refractivity contribution is -0.125. The zero-order chi connectivity index (χ0) is 27.0. The van der Waals surface area contributed by atoms with E-state index in [1.54, 1.807) is 11.3 Å². The Morgan fingerprint density at radius 3 is 2.67 bits per heavy atom. The van der Waals surface area contributed by atoms with Gasteiger partial charge in [-0.1, -0.05) is 60.1 Å². The number of carbonyl (C=O) groups excluding carboxylic acids is 1. The summed E-state index contributed by atoms with van der Waals surface area (Å²) >= 11 is 8.52. The van der Waals surface area contributed by atoms with Gasteiger partial charge in [-0.15, -0.1) is 21.5 Å². The fourth-order valence-corrected chi connectivity index (χ4v) is 8.25. The van der Waals surface area contributed by atoms with Crippen LogP contribution in [0.4, 0.5) is 0 Å². The number of hydrogen-bond donors (Lipinski definition) is 1. The van der Waals surface area contributed by atoms with Gasteiger partial charge in [-0.05, 0) is 49.8 Å². The lowest BCUT2D eigenvalue weighted by atomic mass is 9.93. The number of ether oxygens (including phenoxy) is 1. The number of rotatable bonds is 4. The van der Waals surface area contributed by atoms with Crippen molar-refractivity contribution in [1.82, 2.24) is 20.1 Å². The standard InChI is InChI=1S/C31H28ClN5O2S/c1-17-35-36-30-31(11-12-31)34-27(20-9-5-6-10-23(20)32)26-21-13-19(14-25(21)40-29(26)37(17)30)28(38)33-24-16-39-15-22(24)18-7-3-2-4-8-18/h2-10,19,22,24H,11-16H2,1H3,(H,33,38)/t19-,22-,24-/m0/s1. The number of aryl methyl sites for hydroxylation is 1. The highest BCUT2D eigenvalue weighted by atomic mass is 35.5. The van der Waals surface area contributed by atoms with Crippen LogP contribution >= 0.6 is 22.9 Å². The second-order valence-electron chi connectivity index (χ2n) is 11.3. The summed E-state index contributed by atoms with van der Waals surface area (Å²) in [5.41, 5.74) is 4.97. The number of aliphatic imine (C=N–C) groups is 1. The molecular formula is C31H28ClN5O2S. The van der Waals surface area contributed by atoms with E-state index in [1.807, 2.05) is 49.4 Å². The number of carbonyl (C=O) groups is 1. The van der Waals surface area contributed by atoms with Gasteiger partial charge in [-0.3, -0.25) is 14.4 Å². The van der Waals surface area contributed by atoms with Crippen LogP contribution in [-0.2, 0) is 27.9 Å². The minimum Gasteiger partial charge on any atom is -0.379 e. The number of thiophene rings is 1. The summed E-state index contributed by atoms with van der Waals surface area (Å²) in [5.74, 6) is 1.91. The molecule has 7 nitrogen and oxygen atoms in total. The maximum absolute atomic E-state index is 13.7. The second kappa shape index (κ2) is 9.09. The van der Waals surface area contributed by atoms with Crippen molar-refractivity contribution in [2.24, 2.45) is 10.9 Å². The quantitative estimate of drug-likeness (QED) is 0.369. The van der Waals surface area contributed by atoms with Crippen LogP contribution in [0.25, 0.3) is 5.00 Å². The van der Waals surface area contributed by atoms with Crippen LogP contribution in [0, 0.1) is 12.8 Å². The second-order valence-corrected chi connectivity index (χ2v) is 12.8. The molecule has 0 bridgehead atoms.